The Bertz CT molecular complexity index is 1160. The summed E-state index contributed by atoms with van der Waals surface area (Å²) in [4.78, 5) is 24.3. The molecule has 31 heavy (non-hydrogen) atoms. The number of rotatable bonds is 6. The summed E-state index contributed by atoms with van der Waals surface area (Å²) in [5.74, 6) is 0.0461. The fraction of sp³-hybridized carbons (Fsp3) is 0.280. The molecule has 1 aliphatic carbocycles. The lowest BCUT2D eigenvalue weighted by atomic mass is 9.94. The topological polar surface area (TPSA) is 88.8 Å². The van der Waals surface area contributed by atoms with Crippen molar-refractivity contribution in [3.8, 4) is 5.75 Å². The molecule has 1 atom stereocenters. The normalized spacial score (nSPS) is 14.7. The monoisotopic (exact) mass is 419 g/mol. The highest BCUT2D eigenvalue weighted by Gasteiger charge is 2.22. The molecule has 0 aliphatic heterocycles. The molecule has 1 heterocycles. The van der Waals surface area contributed by atoms with Crippen molar-refractivity contribution >= 4 is 28.4 Å². The molecule has 2 aromatic carbocycles. The van der Waals surface area contributed by atoms with Crippen LogP contribution in [0.15, 0.2) is 53.0 Å². The number of hydrogen-bond acceptors (Lipinski definition) is 4. The first-order valence-corrected chi connectivity index (χ1v) is 10.4. The number of hydrogen-bond donors (Lipinski definition) is 2. The Labute approximate surface area is 180 Å². The van der Waals surface area contributed by atoms with Crippen LogP contribution in [0.2, 0.25) is 0 Å². The molecule has 4 rings (SSSR count). The maximum absolute atomic E-state index is 12.7. The molecule has 2 N–H and O–H groups in total. The van der Waals surface area contributed by atoms with Crippen molar-refractivity contribution in [2.45, 2.75) is 38.6 Å². The zero-order chi connectivity index (χ0) is 22.0. The van der Waals surface area contributed by atoms with E-state index in [1.165, 1.54) is 11.6 Å². The lowest BCUT2D eigenvalue weighted by Crippen LogP contribution is -2.32. The molecule has 0 bridgehead atoms. The molecule has 1 amide bonds. The minimum atomic E-state index is -1.12. The van der Waals surface area contributed by atoms with E-state index in [1.54, 1.807) is 37.4 Å². The fourth-order valence-electron chi connectivity index (χ4n) is 4.16. The number of amides is 1. The van der Waals surface area contributed by atoms with E-state index in [0.29, 0.717) is 16.9 Å². The SMILES string of the molecule is COc1cc2oc3c(c2cc1/C(C)=C/C(=O)NC(C(=O)O)c1ccccc1)CCCC3. The van der Waals surface area contributed by atoms with Crippen LogP contribution in [0, 0.1) is 0 Å². The highest BCUT2D eigenvalue weighted by atomic mass is 16.5. The molecule has 6 nitrogen and oxygen atoms in total. The standard InChI is InChI=1S/C25H25NO5/c1-15(12-23(27)26-24(25(28)29)16-8-4-3-5-9-16)18-13-19-17-10-6-7-11-20(17)31-22(19)14-21(18)30-2/h3-5,8-9,12-14,24H,6-7,10-11H2,1-2H3,(H,26,27)(H,28,29)/b15-12+. The van der Waals surface area contributed by atoms with E-state index in [-0.39, 0.29) is 0 Å². The van der Waals surface area contributed by atoms with Crippen LogP contribution in [0.3, 0.4) is 0 Å². The van der Waals surface area contributed by atoms with Crippen molar-refractivity contribution in [2.75, 3.05) is 7.11 Å². The lowest BCUT2D eigenvalue weighted by Gasteiger charge is -2.14. The van der Waals surface area contributed by atoms with Crippen LogP contribution < -0.4 is 10.1 Å². The molecule has 0 spiro atoms. The van der Waals surface area contributed by atoms with Crippen LogP contribution >= 0.6 is 0 Å². The molecule has 0 saturated carbocycles. The summed E-state index contributed by atoms with van der Waals surface area (Å²) >= 11 is 0. The maximum atomic E-state index is 12.7. The number of furan rings is 1. The highest BCUT2D eigenvalue weighted by Crippen LogP contribution is 2.37. The van der Waals surface area contributed by atoms with Crippen LogP contribution in [0.25, 0.3) is 16.5 Å². The van der Waals surface area contributed by atoms with E-state index in [2.05, 4.69) is 5.32 Å². The smallest absolute Gasteiger partial charge is 0.330 e. The number of aryl methyl sites for hydroxylation is 2. The number of carboxylic acids is 1. The van der Waals surface area contributed by atoms with Crippen molar-refractivity contribution in [3.05, 3.63) is 71.0 Å². The number of nitrogens with one attached hydrogen (secondary N) is 1. The molecule has 6 heteroatoms. The zero-order valence-electron chi connectivity index (χ0n) is 17.6. The Morgan fingerprint density at radius 1 is 1.16 bits per heavy atom. The molecule has 3 aromatic rings. The Hall–Kier alpha value is -3.54. The summed E-state index contributed by atoms with van der Waals surface area (Å²) in [6.45, 7) is 1.81. The largest absolute Gasteiger partial charge is 0.496 e. The van der Waals surface area contributed by atoms with Gasteiger partial charge in [0.15, 0.2) is 6.04 Å². The van der Waals surface area contributed by atoms with Crippen molar-refractivity contribution in [1.82, 2.24) is 5.32 Å². The van der Waals surface area contributed by atoms with Gasteiger partial charge >= 0.3 is 5.97 Å². The second kappa shape index (κ2) is 8.68. The van der Waals surface area contributed by atoms with Gasteiger partial charge < -0.3 is 19.6 Å². The molecular weight excluding hydrogens is 394 g/mol. The van der Waals surface area contributed by atoms with Crippen molar-refractivity contribution < 1.29 is 23.8 Å². The van der Waals surface area contributed by atoms with Crippen LogP contribution in [0.5, 0.6) is 5.75 Å². The van der Waals surface area contributed by atoms with Gasteiger partial charge in [-0.15, -0.1) is 0 Å². The van der Waals surface area contributed by atoms with Crippen molar-refractivity contribution in [3.63, 3.8) is 0 Å². The van der Waals surface area contributed by atoms with Crippen molar-refractivity contribution in [1.29, 1.82) is 0 Å². The molecule has 0 saturated heterocycles. The van der Waals surface area contributed by atoms with Crippen LogP contribution in [-0.2, 0) is 22.4 Å². The van der Waals surface area contributed by atoms with Gasteiger partial charge in [-0.3, -0.25) is 4.79 Å². The van der Waals surface area contributed by atoms with Gasteiger partial charge in [-0.2, -0.15) is 0 Å². The second-order valence-corrected chi connectivity index (χ2v) is 7.78. The third-order valence-electron chi connectivity index (χ3n) is 5.72. The highest BCUT2D eigenvalue weighted by molar-refractivity contribution is 5.99. The first kappa shape index (κ1) is 20.7. The van der Waals surface area contributed by atoms with Crippen LogP contribution in [0.1, 0.15) is 48.3 Å². The van der Waals surface area contributed by atoms with Gasteiger partial charge in [-0.1, -0.05) is 30.3 Å². The van der Waals surface area contributed by atoms with Gasteiger partial charge in [0.05, 0.1) is 7.11 Å². The number of carbonyl (C=O) groups is 2. The average molecular weight is 419 g/mol. The third kappa shape index (κ3) is 4.19. The molecule has 1 unspecified atom stereocenters. The van der Waals surface area contributed by atoms with Crippen molar-refractivity contribution in [2.24, 2.45) is 0 Å². The van der Waals surface area contributed by atoms with Crippen LogP contribution in [0.4, 0.5) is 0 Å². The molecule has 1 aliphatic rings. The average Bonchev–Trinajstić information content (AvgIpc) is 3.14. The van der Waals surface area contributed by atoms with Gasteiger partial charge in [0, 0.05) is 35.1 Å². The van der Waals surface area contributed by atoms with E-state index >= 15 is 0 Å². The van der Waals surface area contributed by atoms with E-state index in [4.69, 9.17) is 9.15 Å². The number of carboxylic acid groups (broad SMARTS) is 1. The number of fused-ring (bicyclic) bond motifs is 3. The first-order valence-electron chi connectivity index (χ1n) is 10.4. The molecule has 160 valence electrons. The number of methoxy groups -OCH3 is 1. The number of ether oxygens (including phenoxy) is 1. The first-order chi connectivity index (χ1) is 15.0. The van der Waals surface area contributed by atoms with E-state index < -0.39 is 17.9 Å². The Balaban J connectivity index is 1.65. The quantitative estimate of drug-likeness (QED) is 0.567. The fourth-order valence-corrected chi connectivity index (χ4v) is 4.16. The summed E-state index contributed by atoms with van der Waals surface area (Å²) in [5, 5.41) is 13.2. The van der Waals surface area contributed by atoms with E-state index in [0.717, 1.165) is 48.0 Å². The summed E-state index contributed by atoms with van der Waals surface area (Å²) < 4.78 is 11.6. The maximum Gasteiger partial charge on any atom is 0.330 e. The van der Waals surface area contributed by atoms with E-state index in [1.807, 2.05) is 19.1 Å². The van der Waals surface area contributed by atoms with E-state index in [9.17, 15) is 14.7 Å². The van der Waals surface area contributed by atoms with Gasteiger partial charge in [-0.25, -0.2) is 4.79 Å². The van der Waals surface area contributed by atoms with Gasteiger partial charge in [0.1, 0.15) is 17.1 Å². The predicted octanol–water partition coefficient (Wildman–Crippen LogP) is 4.67. The summed E-state index contributed by atoms with van der Waals surface area (Å²) in [6, 6.07) is 11.4. The number of carbonyl (C=O) groups excluding carboxylic acids is 1. The summed E-state index contributed by atoms with van der Waals surface area (Å²) in [7, 11) is 1.58. The van der Waals surface area contributed by atoms with Gasteiger partial charge in [0.25, 0.3) is 0 Å². The third-order valence-corrected chi connectivity index (χ3v) is 5.72. The summed E-state index contributed by atoms with van der Waals surface area (Å²) in [5.41, 5.74) is 4.00. The second-order valence-electron chi connectivity index (χ2n) is 7.78. The Morgan fingerprint density at radius 2 is 1.90 bits per heavy atom. The van der Waals surface area contributed by atoms with Gasteiger partial charge in [0.2, 0.25) is 5.91 Å². The Morgan fingerprint density at radius 3 is 2.61 bits per heavy atom. The minimum Gasteiger partial charge on any atom is -0.496 e. The number of allylic oxidation sites excluding steroid dienone is 1. The van der Waals surface area contributed by atoms with Crippen LogP contribution in [-0.4, -0.2) is 24.1 Å². The molecule has 1 aromatic heterocycles. The summed E-state index contributed by atoms with van der Waals surface area (Å²) in [6.07, 6.45) is 5.59. The number of benzene rings is 2. The number of aliphatic carboxylic acids is 1. The minimum absolute atomic E-state index is 0.481. The molecule has 0 fully saturated rings. The Kier molecular flexibility index (Phi) is 5.80. The zero-order valence-corrected chi connectivity index (χ0v) is 17.6. The van der Waals surface area contributed by atoms with Gasteiger partial charge in [-0.05, 0) is 43.4 Å². The molecular formula is C25H25NO5. The molecule has 0 radical (unpaired) electrons. The lowest BCUT2D eigenvalue weighted by molar-refractivity contribution is -0.141. The predicted molar refractivity (Wildman–Crippen MR) is 118 cm³/mol.